The fourth-order valence-corrected chi connectivity index (χ4v) is 0.969. The third-order valence-electron chi connectivity index (χ3n) is 1.51. The van der Waals surface area contributed by atoms with E-state index in [2.05, 4.69) is 25.3 Å². The van der Waals surface area contributed by atoms with Gasteiger partial charge in [-0.2, -0.15) is 25.3 Å². The fraction of sp³-hybridized carbons (Fsp3) is 1.00. The summed E-state index contributed by atoms with van der Waals surface area (Å²) in [5, 5.41) is 0.184. The first-order chi connectivity index (χ1) is 6.24. The van der Waals surface area contributed by atoms with Crippen LogP contribution < -0.4 is 0 Å². The number of hydrogen-bond acceptors (Lipinski definition) is 5. The minimum Gasteiger partial charge on any atom is -0.382 e. The lowest BCUT2D eigenvalue weighted by Gasteiger charge is -2.15. The van der Waals surface area contributed by atoms with E-state index in [1.807, 2.05) is 0 Å². The highest BCUT2D eigenvalue weighted by molar-refractivity contribution is 7.84. The van der Waals surface area contributed by atoms with Gasteiger partial charge in [-0.15, -0.1) is 0 Å². The van der Waals surface area contributed by atoms with Crippen LogP contribution >= 0.6 is 25.3 Å². The van der Waals surface area contributed by atoms with Gasteiger partial charge in [0, 0.05) is 25.2 Å². The van der Waals surface area contributed by atoms with Gasteiger partial charge in [0.05, 0.1) is 19.8 Å². The van der Waals surface area contributed by atoms with Gasteiger partial charge in [-0.3, -0.25) is 0 Å². The molecule has 0 aliphatic carbocycles. The molecular weight excluding hydrogens is 208 g/mol. The Hall–Kier alpha value is 0.580. The predicted molar refractivity (Wildman–Crippen MR) is 60.1 cm³/mol. The largest absolute Gasteiger partial charge is 0.382 e. The highest BCUT2D eigenvalue weighted by Gasteiger charge is 2.07. The Labute approximate surface area is 90.9 Å². The minimum absolute atomic E-state index is 0.00505. The van der Waals surface area contributed by atoms with Crippen LogP contribution in [0.1, 0.15) is 0 Å². The van der Waals surface area contributed by atoms with Crippen LogP contribution in [0.2, 0.25) is 0 Å². The summed E-state index contributed by atoms with van der Waals surface area (Å²) in [6.45, 7) is 1.68. The molecule has 0 heterocycles. The van der Waals surface area contributed by atoms with Gasteiger partial charge >= 0.3 is 0 Å². The van der Waals surface area contributed by atoms with E-state index in [1.54, 1.807) is 14.2 Å². The van der Waals surface area contributed by atoms with Crippen molar-refractivity contribution in [3.63, 3.8) is 0 Å². The van der Waals surface area contributed by atoms with Gasteiger partial charge in [-0.05, 0) is 0 Å². The molecule has 0 radical (unpaired) electrons. The van der Waals surface area contributed by atoms with E-state index in [1.165, 1.54) is 0 Å². The molecule has 2 atom stereocenters. The quantitative estimate of drug-likeness (QED) is 0.602. The molecular formula is C8H18O3S2. The molecule has 13 heavy (non-hydrogen) atoms. The van der Waals surface area contributed by atoms with Crippen molar-refractivity contribution in [2.75, 3.05) is 39.8 Å². The van der Waals surface area contributed by atoms with Crippen LogP contribution in [0, 0.1) is 0 Å². The summed E-state index contributed by atoms with van der Waals surface area (Å²) in [6.07, 6.45) is 0.00505. The molecule has 0 aromatic heterocycles. The van der Waals surface area contributed by atoms with Crippen molar-refractivity contribution in [2.24, 2.45) is 0 Å². The molecule has 0 aromatic carbocycles. The molecule has 0 bridgehead atoms. The molecule has 0 aliphatic rings. The van der Waals surface area contributed by atoms with Crippen LogP contribution in [0.3, 0.4) is 0 Å². The van der Waals surface area contributed by atoms with E-state index in [9.17, 15) is 0 Å². The molecule has 0 aliphatic heterocycles. The average Bonchev–Trinajstić information content (AvgIpc) is 2.16. The highest BCUT2D eigenvalue weighted by Crippen LogP contribution is 2.00. The molecule has 3 nitrogen and oxygen atoms in total. The first-order valence-corrected chi connectivity index (χ1v) is 5.27. The monoisotopic (exact) mass is 226 g/mol. The Balaban J connectivity index is 3.37. The maximum Gasteiger partial charge on any atom is 0.104 e. The third-order valence-corrected chi connectivity index (χ3v) is 2.57. The molecule has 0 N–H and O–H groups in total. The normalized spacial score (nSPS) is 15.7. The van der Waals surface area contributed by atoms with Crippen molar-refractivity contribution in [1.29, 1.82) is 0 Å². The Morgan fingerprint density at radius 3 is 2.31 bits per heavy atom. The van der Waals surface area contributed by atoms with E-state index in [-0.39, 0.29) is 11.4 Å². The number of rotatable bonds is 8. The second-order valence-electron chi connectivity index (χ2n) is 2.69. The van der Waals surface area contributed by atoms with Crippen molar-refractivity contribution >= 4 is 25.3 Å². The zero-order valence-electron chi connectivity index (χ0n) is 8.10. The van der Waals surface area contributed by atoms with E-state index < -0.39 is 0 Å². The molecule has 0 saturated carbocycles. The maximum atomic E-state index is 5.36. The molecule has 0 aromatic rings. The minimum atomic E-state index is 0.00505. The second kappa shape index (κ2) is 9.15. The topological polar surface area (TPSA) is 27.7 Å². The van der Waals surface area contributed by atoms with Gasteiger partial charge in [0.15, 0.2) is 0 Å². The summed E-state index contributed by atoms with van der Waals surface area (Å²) in [7, 11) is 3.28. The number of methoxy groups -OCH3 is 2. The highest BCUT2D eigenvalue weighted by atomic mass is 32.1. The SMILES string of the molecule is COCC(COCC(S)CS)OC. The summed E-state index contributed by atoms with van der Waals surface area (Å²) in [5.74, 6) is 0.713. The molecule has 80 valence electrons. The standard InChI is InChI=1S/C8H18O3S2/c1-9-3-7(10-2)4-11-5-8(13)6-12/h7-8,12-13H,3-6H2,1-2H3. The maximum absolute atomic E-state index is 5.36. The summed E-state index contributed by atoms with van der Waals surface area (Å²) in [6, 6.07) is 0. The van der Waals surface area contributed by atoms with Crippen LogP contribution in [-0.2, 0) is 14.2 Å². The lowest BCUT2D eigenvalue weighted by molar-refractivity contribution is -0.0292. The van der Waals surface area contributed by atoms with Gasteiger partial charge in [-0.25, -0.2) is 0 Å². The lowest BCUT2D eigenvalue weighted by Crippen LogP contribution is -2.25. The van der Waals surface area contributed by atoms with Crippen molar-refractivity contribution in [1.82, 2.24) is 0 Å². The summed E-state index contributed by atoms with van der Waals surface area (Å²) >= 11 is 8.33. The fourth-order valence-electron chi connectivity index (χ4n) is 0.758. The average molecular weight is 226 g/mol. The van der Waals surface area contributed by atoms with Crippen LogP contribution in [0.4, 0.5) is 0 Å². The predicted octanol–water partition coefficient (Wildman–Crippen LogP) is 0.893. The van der Waals surface area contributed by atoms with Gasteiger partial charge in [0.1, 0.15) is 6.10 Å². The number of ether oxygens (including phenoxy) is 3. The van der Waals surface area contributed by atoms with E-state index in [0.29, 0.717) is 25.6 Å². The summed E-state index contributed by atoms with van der Waals surface area (Å²) < 4.78 is 15.4. The zero-order valence-corrected chi connectivity index (χ0v) is 9.89. The van der Waals surface area contributed by atoms with Crippen LogP contribution in [0.5, 0.6) is 0 Å². The van der Waals surface area contributed by atoms with Gasteiger partial charge in [0.2, 0.25) is 0 Å². The molecule has 5 heteroatoms. The van der Waals surface area contributed by atoms with Crippen LogP contribution in [-0.4, -0.2) is 51.1 Å². The van der Waals surface area contributed by atoms with Gasteiger partial charge in [-0.1, -0.05) is 0 Å². The van der Waals surface area contributed by atoms with Crippen molar-refractivity contribution in [2.45, 2.75) is 11.4 Å². The molecule has 2 unspecified atom stereocenters. The molecule has 0 fully saturated rings. The zero-order chi connectivity index (χ0) is 10.1. The second-order valence-corrected chi connectivity index (χ2v) is 3.78. The van der Waals surface area contributed by atoms with Crippen LogP contribution in [0.25, 0.3) is 0 Å². The van der Waals surface area contributed by atoms with Gasteiger partial charge < -0.3 is 14.2 Å². The van der Waals surface area contributed by atoms with Crippen molar-refractivity contribution in [3.05, 3.63) is 0 Å². The van der Waals surface area contributed by atoms with Gasteiger partial charge in [0.25, 0.3) is 0 Å². The van der Waals surface area contributed by atoms with E-state index in [4.69, 9.17) is 14.2 Å². The lowest BCUT2D eigenvalue weighted by atomic mass is 10.4. The molecule has 0 saturated heterocycles. The smallest absolute Gasteiger partial charge is 0.104 e. The number of thiol groups is 2. The molecule has 0 spiro atoms. The van der Waals surface area contributed by atoms with Crippen LogP contribution in [0.15, 0.2) is 0 Å². The van der Waals surface area contributed by atoms with E-state index >= 15 is 0 Å². The Bertz CT molecular complexity index is 114. The first kappa shape index (κ1) is 13.6. The first-order valence-electron chi connectivity index (χ1n) is 4.13. The Kier molecular flexibility index (Phi) is 9.56. The third kappa shape index (κ3) is 7.64. The Morgan fingerprint density at radius 1 is 1.15 bits per heavy atom. The summed E-state index contributed by atoms with van der Waals surface area (Å²) in [4.78, 5) is 0. The summed E-state index contributed by atoms with van der Waals surface area (Å²) in [5.41, 5.74) is 0. The Morgan fingerprint density at radius 2 is 1.85 bits per heavy atom. The van der Waals surface area contributed by atoms with Crippen molar-refractivity contribution < 1.29 is 14.2 Å². The molecule has 0 rings (SSSR count). The van der Waals surface area contributed by atoms with Crippen molar-refractivity contribution in [3.8, 4) is 0 Å². The van der Waals surface area contributed by atoms with E-state index in [0.717, 1.165) is 0 Å². The number of hydrogen-bond donors (Lipinski definition) is 2. The molecule has 0 amide bonds.